The van der Waals surface area contributed by atoms with Gasteiger partial charge in [-0.25, -0.2) is 0 Å². The number of benzene rings is 3. The van der Waals surface area contributed by atoms with Gasteiger partial charge in [-0.2, -0.15) is 0 Å². The summed E-state index contributed by atoms with van der Waals surface area (Å²) in [6.07, 6.45) is 2.02. The van der Waals surface area contributed by atoms with E-state index in [2.05, 4.69) is 10.6 Å². The summed E-state index contributed by atoms with van der Waals surface area (Å²) in [4.78, 5) is 25.8. The third kappa shape index (κ3) is 5.93. The molecule has 1 heterocycles. The van der Waals surface area contributed by atoms with Gasteiger partial charge in [0.05, 0.1) is 26.5 Å². The molecule has 2 amide bonds. The van der Waals surface area contributed by atoms with Crippen molar-refractivity contribution < 1.29 is 23.5 Å². The van der Waals surface area contributed by atoms with Crippen LogP contribution in [0.5, 0.6) is 11.5 Å². The highest BCUT2D eigenvalue weighted by Crippen LogP contribution is 2.24. The number of nitrogens with one attached hydrogen (secondary N) is 2. The van der Waals surface area contributed by atoms with E-state index in [-0.39, 0.29) is 23.6 Å². The molecule has 4 rings (SSSR count). The lowest BCUT2D eigenvalue weighted by molar-refractivity contribution is 0.0935. The first-order valence-electron chi connectivity index (χ1n) is 11.5. The molecule has 0 radical (unpaired) electrons. The number of rotatable bonds is 9. The molecule has 0 aliphatic rings. The Morgan fingerprint density at radius 2 is 1.53 bits per heavy atom. The highest BCUT2D eigenvalue weighted by molar-refractivity contribution is 6.04. The quantitative estimate of drug-likeness (QED) is 0.324. The second-order valence-corrected chi connectivity index (χ2v) is 8.31. The van der Waals surface area contributed by atoms with Crippen molar-refractivity contribution in [1.29, 1.82) is 0 Å². The highest BCUT2D eigenvalue weighted by atomic mass is 16.5. The van der Waals surface area contributed by atoms with Crippen LogP contribution in [0.2, 0.25) is 0 Å². The van der Waals surface area contributed by atoms with Gasteiger partial charge < -0.3 is 24.5 Å². The smallest absolute Gasteiger partial charge is 0.291 e. The topological polar surface area (TPSA) is 89.8 Å². The molecule has 1 aromatic heterocycles. The minimum Gasteiger partial charge on any atom is -0.497 e. The van der Waals surface area contributed by atoms with Crippen LogP contribution in [0.3, 0.4) is 0 Å². The van der Waals surface area contributed by atoms with Crippen LogP contribution in [0.25, 0.3) is 0 Å². The number of amides is 2. The maximum Gasteiger partial charge on any atom is 0.291 e. The Hall–Kier alpha value is -4.52. The summed E-state index contributed by atoms with van der Waals surface area (Å²) in [5.74, 6) is 1.08. The average Bonchev–Trinajstić information content (AvgIpc) is 3.45. The van der Waals surface area contributed by atoms with Crippen molar-refractivity contribution in [2.24, 2.45) is 0 Å². The molecule has 0 saturated carbocycles. The van der Waals surface area contributed by atoms with Gasteiger partial charge in [-0.05, 0) is 78.6 Å². The van der Waals surface area contributed by atoms with Gasteiger partial charge in [0.2, 0.25) is 0 Å². The maximum atomic E-state index is 13.3. The van der Waals surface area contributed by atoms with Gasteiger partial charge in [-0.3, -0.25) is 9.59 Å². The molecule has 184 valence electrons. The number of anilines is 1. The largest absolute Gasteiger partial charge is 0.497 e. The summed E-state index contributed by atoms with van der Waals surface area (Å²) in [6.45, 7) is 1.86. The van der Waals surface area contributed by atoms with E-state index in [0.29, 0.717) is 17.7 Å². The SMILES string of the molecule is COc1ccc(C[C@@H](NC(=O)c2ccc(C)c(NC(=O)c3ccco3)c2)c2ccc(OC)cc2)cc1. The molecule has 1 atom stereocenters. The number of hydrogen-bond donors (Lipinski definition) is 2. The summed E-state index contributed by atoms with van der Waals surface area (Å²) < 4.78 is 15.7. The Bertz CT molecular complexity index is 1310. The van der Waals surface area contributed by atoms with Crippen molar-refractivity contribution in [3.8, 4) is 11.5 Å². The van der Waals surface area contributed by atoms with Crippen molar-refractivity contribution in [3.05, 3.63) is 113 Å². The van der Waals surface area contributed by atoms with E-state index < -0.39 is 0 Å². The van der Waals surface area contributed by atoms with Crippen LogP contribution in [-0.2, 0) is 6.42 Å². The van der Waals surface area contributed by atoms with Crippen molar-refractivity contribution in [1.82, 2.24) is 5.32 Å². The summed E-state index contributed by atoms with van der Waals surface area (Å²) in [7, 11) is 3.24. The minimum atomic E-state index is -0.378. The van der Waals surface area contributed by atoms with Crippen LogP contribution in [0.1, 0.15) is 43.6 Å². The molecule has 0 unspecified atom stereocenters. The van der Waals surface area contributed by atoms with E-state index >= 15 is 0 Å². The lowest BCUT2D eigenvalue weighted by atomic mass is 9.98. The van der Waals surface area contributed by atoms with Crippen LogP contribution < -0.4 is 20.1 Å². The lowest BCUT2D eigenvalue weighted by Crippen LogP contribution is -2.30. The monoisotopic (exact) mass is 484 g/mol. The fraction of sp³-hybridized carbons (Fsp3) is 0.172. The van der Waals surface area contributed by atoms with Gasteiger partial charge in [0, 0.05) is 11.3 Å². The Morgan fingerprint density at radius 3 is 2.14 bits per heavy atom. The molecule has 0 saturated heterocycles. The molecule has 7 nitrogen and oxygen atoms in total. The van der Waals surface area contributed by atoms with Gasteiger partial charge >= 0.3 is 0 Å². The van der Waals surface area contributed by atoms with Gasteiger partial charge in [0.25, 0.3) is 11.8 Å². The molecular weight excluding hydrogens is 456 g/mol. The zero-order valence-electron chi connectivity index (χ0n) is 20.4. The van der Waals surface area contributed by atoms with Gasteiger partial charge in [-0.15, -0.1) is 0 Å². The predicted octanol–water partition coefficient (Wildman–Crippen LogP) is 5.57. The highest BCUT2D eigenvalue weighted by Gasteiger charge is 2.19. The van der Waals surface area contributed by atoms with Crippen LogP contribution >= 0.6 is 0 Å². The van der Waals surface area contributed by atoms with E-state index in [0.717, 1.165) is 28.2 Å². The fourth-order valence-electron chi connectivity index (χ4n) is 3.82. The molecule has 4 aromatic rings. The van der Waals surface area contributed by atoms with Gasteiger partial charge in [0.15, 0.2) is 5.76 Å². The molecule has 0 bridgehead atoms. The number of furan rings is 1. The Morgan fingerprint density at radius 1 is 0.861 bits per heavy atom. The Kier molecular flexibility index (Phi) is 7.70. The van der Waals surface area contributed by atoms with Crippen molar-refractivity contribution in [3.63, 3.8) is 0 Å². The zero-order chi connectivity index (χ0) is 25.5. The molecule has 2 N–H and O–H groups in total. The van der Waals surface area contributed by atoms with Crippen molar-refractivity contribution in [2.75, 3.05) is 19.5 Å². The number of ether oxygens (including phenoxy) is 2. The molecule has 7 heteroatoms. The molecule has 0 fully saturated rings. The number of methoxy groups -OCH3 is 2. The standard InChI is InChI=1S/C29H28N2O5/c1-19-6-9-22(18-25(19)30-29(33)27-5-4-16-36-27)28(32)31-26(21-10-14-24(35-3)15-11-21)17-20-7-12-23(34-2)13-8-20/h4-16,18,26H,17H2,1-3H3,(H,30,33)(H,31,32)/t26-/m1/s1. The fourth-order valence-corrected chi connectivity index (χ4v) is 3.82. The van der Waals surface area contributed by atoms with Crippen LogP contribution in [0.4, 0.5) is 5.69 Å². The molecule has 0 spiro atoms. The average molecular weight is 485 g/mol. The number of aryl methyl sites for hydroxylation is 1. The summed E-state index contributed by atoms with van der Waals surface area (Å²) in [5, 5.41) is 5.97. The first-order chi connectivity index (χ1) is 17.5. The zero-order valence-corrected chi connectivity index (χ0v) is 20.4. The second kappa shape index (κ2) is 11.3. The van der Waals surface area contributed by atoms with E-state index in [1.807, 2.05) is 55.5 Å². The molecular formula is C29H28N2O5. The third-order valence-electron chi connectivity index (χ3n) is 5.92. The van der Waals surface area contributed by atoms with Crippen molar-refractivity contribution >= 4 is 17.5 Å². The predicted molar refractivity (Wildman–Crippen MR) is 138 cm³/mol. The second-order valence-electron chi connectivity index (χ2n) is 8.31. The van der Waals surface area contributed by atoms with E-state index in [9.17, 15) is 9.59 Å². The Balaban J connectivity index is 1.56. The molecule has 0 aliphatic carbocycles. The minimum absolute atomic E-state index is 0.198. The molecule has 36 heavy (non-hydrogen) atoms. The summed E-state index contributed by atoms with van der Waals surface area (Å²) in [5.41, 5.74) is 3.80. The van der Waals surface area contributed by atoms with E-state index in [1.54, 1.807) is 44.6 Å². The van der Waals surface area contributed by atoms with Crippen molar-refractivity contribution in [2.45, 2.75) is 19.4 Å². The summed E-state index contributed by atoms with van der Waals surface area (Å²) >= 11 is 0. The van der Waals surface area contributed by atoms with Gasteiger partial charge in [-0.1, -0.05) is 30.3 Å². The first-order valence-corrected chi connectivity index (χ1v) is 11.5. The number of hydrogen-bond acceptors (Lipinski definition) is 5. The third-order valence-corrected chi connectivity index (χ3v) is 5.92. The van der Waals surface area contributed by atoms with E-state index in [1.165, 1.54) is 6.26 Å². The molecule has 3 aromatic carbocycles. The van der Waals surface area contributed by atoms with Crippen LogP contribution in [0, 0.1) is 6.92 Å². The van der Waals surface area contributed by atoms with E-state index in [4.69, 9.17) is 13.9 Å². The number of carbonyl (C=O) groups excluding carboxylic acids is 2. The van der Waals surface area contributed by atoms with Crippen LogP contribution in [-0.4, -0.2) is 26.0 Å². The summed E-state index contributed by atoms with van der Waals surface area (Å²) in [6, 6.07) is 23.5. The first kappa shape index (κ1) is 24.6. The normalized spacial score (nSPS) is 11.4. The maximum absolute atomic E-state index is 13.3. The Labute approximate surface area is 210 Å². The lowest BCUT2D eigenvalue weighted by Gasteiger charge is -2.20. The number of carbonyl (C=O) groups is 2. The van der Waals surface area contributed by atoms with Crippen LogP contribution in [0.15, 0.2) is 89.5 Å². The van der Waals surface area contributed by atoms with Gasteiger partial charge in [0.1, 0.15) is 11.5 Å². The molecule has 0 aliphatic heterocycles.